The highest BCUT2D eigenvalue weighted by Crippen LogP contribution is 2.29. The van der Waals surface area contributed by atoms with Gasteiger partial charge in [0.2, 0.25) is 10.0 Å². The van der Waals surface area contributed by atoms with Crippen molar-refractivity contribution in [3.05, 3.63) is 32.8 Å². The van der Waals surface area contributed by atoms with Crippen molar-refractivity contribution in [2.75, 3.05) is 26.2 Å². The molecule has 1 fully saturated rings. The smallest absolute Gasteiger partial charge is 0.275 e. The van der Waals surface area contributed by atoms with E-state index in [0.717, 1.165) is 25.7 Å². The lowest BCUT2D eigenvalue weighted by Gasteiger charge is -2.26. The van der Waals surface area contributed by atoms with Gasteiger partial charge in [0, 0.05) is 18.2 Å². The number of nitrogens with zero attached hydrogens (tertiary/aromatic N) is 2. The van der Waals surface area contributed by atoms with Gasteiger partial charge in [-0.1, -0.05) is 18.0 Å². The number of nitro benzene ring substituents is 1. The Balaban J connectivity index is 1.98. The SMILES string of the molecule is Cc1c(Cl)cc(S(=O)(=O)NCCCN2CCCCC2)cc1[N+](=O)[O-]. The minimum atomic E-state index is -3.82. The molecule has 24 heavy (non-hydrogen) atoms. The summed E-state index contributed by atoms with van der Waals surface area (Å²) in [5.41, 5.74) is -0.0399. The summed E-state index contributed by atoms with van der Waals surface area (Å²) in [6.45, 7) is 4.75. The fraction of sp³-hybridized carbons (Fsp3) is 0.600. The minimum absolute atomic E-state index is 0.0675. The molecule has 0 aliphatic carbocycles. The molecule has 0 spiro atoms. The van der Waals surface area contributed by atoms with E-state index in [-0.39, 0.29) is 27.7 Å². The number of hydrogen-bond donors (Lipinski definition) is 1. The first-order valence-electron chi connectivity index (χ1n) is 7.98. The largest absolute Gasteiger partial charge is 0.303 e. The van der Waals surface area contributed by atoms with Crippen LogP contribution in [0.1, 0.15) is 31.2 Å². The molecular weight excluding hydrogens is 354 g/mol. The van der Waals surface area contributed by atoms with Gasteiger partial charge in [0.15, 0.2) is 0 Å². The third kappa shape index (κ3) is 4.89. The van der Waals surface area contributed by atoms with Crippen LogP contribution in [0, 0.1) is 17.0 Å². The number of hydrogen-bond acceptors (Lipinski definition) is 5. The summed E-state index contributed by atoms with van der Waals surface area (Å²) in [6, 6.07) is 2.30. The van der Waals surface area contributed by atoms with Crippen LogP contribution in [0.3, 0.4) is 0 Å². The predicted octanol–water partition coefficient (Wildman–Crippen LogP) is 2.71. The molecule has 0 atom stereocenters. The van der Waals surface area contributed by atoms with E-state index in [4.69, 9.17) is 11.6 Å². The van der Waals surface area contributed by atoms with Crippen molar-refractivity contribution in [2.45, 2.75) is 37.5 Å². The molecule has 134 valence electrons. The van der Waals surface area contributed by atoms with Gasteiger partial charge in [-0.2, -0.15) is 0 Å². The molecule has 7 nitrogen and oxygen atoms in total. The van der Waals surface area contributed by atoms with Crippen LogP contribution in [-0.2, 0) is 10.0 Å². The second kappa shape index (κ2) is 8.24. The second-order valence-electron chi connectivity index (χ2n) is 5.96. The Morgan fingerprint density at radius 3 is 2.58 bits per heavy atom. The lowest BCUT2D eigenvalue weighted by atomic mass is 10.1. The number of halogens is 1. The van der Waals surface area contributed by atoms with Gasteiger partial charge in [-0.3, -0.25) is 10.1 Å². The Morgan fingerprint density at radius 1 is 1.29 bits per heavy atom. The Hall–Kier alpha value is -1.22. The van der Waals surface area contributed by atoms with Gasteiger partial charge < -0.3 is 4.90 Å². The van der Waals surface area contributed by atoms with E-state index in [1.807, 2.05) is 0 Å². The standard InChI is InChI=1S/C15H22ClN3O4S/c1-12-14(16)10-13(11-15(12)19(20)21)24(22,23)17-6-5-9-18-7-3-2-4-8-18/h10-11,17H,2-9H2,1H3. The summed E-state index contributed by atoms with van der Waals surface area (Å²) >= 11 is 5.93. The highest BCUT2D eigenvalue weighted by atomic mass is 35.5. The molecule has 0 radical (unpaired) electrons. The first-order valence-corrected chi connectivity index (χ1v) is 9.84. The van der Waals surface area contributed by atoms with Gasteiger partial charge in [-0.15, -0.1) is 0 Å². The topological polar surface area (TPSA) is 92.6 Å². The molecule has 2 rings (SSSR count). The molecule has 0 saturated carbocycles. The van der Waals surface area contributed by atoms with Gasteiger partial charge >= 0.3 is 0 Å². The van der Waals surface area contributed by atoms with Crippen LogP contribution < -0.4 is 4.72 Å². The summed E-state index contributed by atoms with van der Waals surface area (Å²) in [5.74, 6) is 0. The fourth-order valence-electron chi connectivity index (χ4n) is 2.76. The summed E-state index contributed by atoms with van der Waals surface area (Å²) in [7, 11) is -3.82. The van der Waals surface area contributed by atoms with Crippen LogP contribution in [0.25, 0.3) is 0 Å². The molecule has 1 aromatic rings. The Labute approximate surface area is 147 Å². The van der Waals surface area contributed by atoms with Crippen molar-refractivity contribution < 1.29 is 13.3 Å². The number of piperidine rings is 1. The van der Waals surface area contributed by atoms with Crippen molar-refractivity contribution in [2.24, 2.45) is 0 Å². The molecule has 0 bridgehead atoms. The highest BCUT2D eigenvalue weighted by molar-refractivity contribution is 7.89. The third-order valence-electron chi connectivity index (χ3n) is 4.19. The molecule has 1 N–H and O–H groups in total. The van der Waals surface area contributed by atoms with Gasteiger partial charge in [0.05, 0.1) is 14.8 Å². The Morgan fingerprint density at radius 2 is 1.96 bits per heavy atom. The van der Waals surface area contributed by atoms with E-state index in [1.54, 1.807) is 0 Å². The summed E-state index contributed by atoms with van der Waals surface area (Å²) < 4.78 is 27.1. The Kier molecular flexibility index (Phi) is 6.56. The van der Waals surface area contributed by atoms with Crippen molar-refractivity contribution in [1.82, 2.24) is 9.62 Å². The minimum Gasteiger partial charge on any atom is -0.303 e. The molecule has 1 heterocycles. The average molecular weight is 376 g/mol. The number of rotatable bonds is 7. The quantitative estimate of drug-likeness (QED) is 0.449. The lowest BCUT2D eigenvalue weighted by molar-refractivity contribution is -0.385. The third-order valence-corrected chi connectivity index (χ3v) is 6.02. The van der Waals surface area contributed by atoms with Crippen LogP contribution >= 0.6 is 11.6 Å². The van der Waals surface area contributed by atoms with Crippen molar-refractivity contribution in [3.63, 3.8) is 0 Å². The van der Waals surface area contributed by atoms with Crippen molar-refractivity contribution >= 4 is 27.3 Å². The zero-order chi connectivity index (χ0) is 17.7. The fourth-order valence-corrected chi connectivity index (χ4v) is 4.16. The molecule has 0 aromatic heterocycles. The van der Waals surface area contributed by atoms with E-state index in [0.29, 0.717) is 6.42 Å². The zero-order valence-corrected chi connectivity index (χ0v) is 15.2. The monoisotopic (exact) mass is 375 g/mol. The van der Waals surface area contributed by atoms with Gasteiger partial charge in [-0.05, 0) is 51.9 Å². The summed E-state index contributed by atoms with van der Waals surface area (Å²) in [4.78, 5) is 12.5. The van der Waals surface area contributed by atoms with Gasteiger partial charge in [0.25, 0.3) is 5.69 Å². The molecule has 1 aliphatic heterocycles. The summed E-state index contributed by atoms with van der Waals surface area (Å²) in [5, 5.41) is 11.1. The second-order valence-corrected chi connectivity index (χ2v) is 8.13. The van der Waals surface area contributed by atoms with E-state index in [1.165, 1.54) is 32.3 Å². The van der Waals surface area contributed by atoms with Crippen molar-refractivity contribution in [3.8, 4) is 0 Å². The summed E-state index contributed by atoms with van der Waals surface area (Å²) in [6.07, 6.45) is 4.34. The van der Waals surface area contributed by atoms with Crippen LogP contribution in [0.4, 0.5) is 5.69 Å². The molecule has 1 aromatic carbocycles. The number of nitro groups is 1. The predicted molar refractivity (Wildman–Crippen MR) is 92.9 cm³/mol. The first kappa shape index (κ1) is 19.1. The molecule has 0 unspecified atom stereocenters. The van der Waals surface area contributed by atoms with Gasteiger partial charge in [-0.25, -0.2) is 13.1 Å². The van der Waals surface area contributed by atoms with Crippen LogP contribution in [0.15, 0.2) is 17.0 Å². The van der Waals surface area contributed by atoms with E-state index < -0.39 is 14.9 Å². The molecular formula is C15H22ClN3O4S. The molecule has 0 amide bonds. The number of likely N-dealkylation sites (tertiary alicyclic amines) is 1. The van der Waals surface area contributed by atoms with E-state index >= 15 is 0 Å². The van der Waals surface area contributed by atoms with Gasteiger partial charge in [0.1, 0.15) is 0 Å². The lowest BCUT2D eigenvalue weighted by Crippen LogP contribution is -2.33. The van der Waals surface area contributed by atoms with E-state index in [9.17, 15) is 18.5 Å². The highest BCUT2D eigenvalue weighted by Gasteiger charge is 2.22. The maximum Gasteiger partial charge on any atom is 0.275 e. The zero-order valence-electron chi connectivity index (χ0n) is 13.6. The first-order chi connectivity index (χ1) is 11.3. The normalized spacial score (nSPS) is 16.2. The number of nitrogens with one attached hydrogen (secondary N) is 1. The molecule has 9 heteroatoms. The van der Waals surface area contributed by atoms with Crippen LogP contribution in [0.5, 0.6) is 0 Å². The maximum absolute atomic E-state index is 12.3. The molecule has 1 aliphatic rings. The van der Waals surface area contributed by atoms with Crippen molar-refractivity contribution in [1.29, 1.82) is 0 Å². The maximum atomic E-state index is 12.3. The number of sulfonamides is 1. The van der Waals surface area contributed by atoms with Crippen LogP contribution in [-0.4, -0.2) is 44.4 Å². The molecule has 1 saturated heterocycles. The van der Waals surface area contributed by atoms with Crippen LogP contribution in [0.2, 0.25) is 5.02 Å². The Bertz CT molecular complexity index is 703. The van der Waals surface area contributed by atoms with E-state index in [2.05, 4.69) is 9.62 Å². The number of benzene rings is 1. The average Bonchev–Trinajstić information content (AvgIpc) is 2.54.